The maximum atomic E-state index is 12.2. The highest BCUT2D eigenvalue weighted by atomic mass is 16.7. The van der Waals surface area contributed by atoms with Crippen LogP contribution in [0.1, 0.15) is 43.6 Å². The Morgan fingerprint density at radius 1 is 1.27 bits per heavy atom. The van der Waals surface area contributed by atoms with Crippen LogP contribution in [0.25, 0.3) is 6.08 Å². The fourth-order valence-corrected chi connectivity index (χ4v) is 2.66. The number of likely N-dealkylation sites (N-methyl/N-ethyl adjacent to an activating group) is 1. The van der Waals surface area contributed by atoms with Gasteiger partial charge in [0.15, 0.2) is 0 Å². The molecule has 0 atom stereocenters. The summed E-state index contributed by atoms with van der Waals surface area (Å²) in [5.41, 5.74) is 3.28. The fourth-order valence-electron chi connectivity index (χ4n) is 2.66. The van der Waals surface area contributed by atoms with Gasteiger partial charge in [-0.25, -0.2) is 5.84 Å². The largest absolute Gasteiger partial charge is 0.497 e. The van der Waals surface area contributed by atoms with Crippen LogP contribution in [0, 0.1) is 0 Å². The lowest BCUT2D eigenvalue weighted by Crippen LogP contribution is -2.41. The van der Waals surface area contributed by atoms with Crippen molar-refractivity contribution >= 4 is 19.1 Å². The molecule has 1 fully saturated rings. The molecule has 8 heteroatoms. The number of methoxy groups -OCH3 is 1. The second-order valence-electron chi connectivity index (χ2n) is 7.26. The zero-order chi connectivity index (χ0) is 19.5. The van der Waals surface area contributed by atoms with Crippen LogP contribution in [0.15, 0.2) is 23.7 Å². The Morgan fingerprint density at radius 3 is 2.38 bits per heavy atom. The molecule has 1 aliphatic rings. The maximum Gasteiger partial charge on any atom is 0.491 e. The van der Waals surface area contributed by atoms with Crippen LogP contribution >= 0.6 is 0 Å². The molecule has 2 rings (SSSR count). The molecular formula is C18H28BN3O4. The lowest BCUT2D eigenvalue weighted by atomic mass is 9.76. The molecule has 0 unspecified atom stereocenters. The smallest absolute Gasteiger partial charge is 0.491 e. The van der Waals surface area contributed by atoms with Crippen LogP contribution in [-0.4, -0.2) is 44.9 Å². The zero-order valence-electron chi connectivity index (χ0n) is 16.3. The lowest BCUT2D eigenvalue weighted by molar-refractivity contribution is 0.00578. The van der Waals surface area contributed by atoms with E-state index in [4.69, 9.17) is 19.9 Å². The summed E-state index contributed by atoms with van der Waals surface area (Å²) in [7, 11) is 2.88. The van der Waals surface area contributed by atoms with E-state index in [0.717, 1.165) is 5.47 Å². The van der Waals surface area contributed by atoms with Crippen molar-refractivity contribution in [1.29, 1.82) is 0 Å². The first-order chi connectivity index (χ1) is 12.1. The highest BCUT2D eigenvalue weighted by molar-refractivity contribution is 6.56. The van der Waals surface area contributed by atoms with Gasteiger partial charge in [-0.1, -0.05) is 12.1 Å². The van der Waals surface area contributed by atoms with Crippen LogP contribution in [0.2, 0.25) is 0 Å². The maximum absolute atomic E-state index is 12.2. The topological polar surface area (TPSA) is 94.8 Å². The molecule has 7 nitrogen and oxygen atoms in total. The van der Waals surface area contributed by atoms with Crippen molar-refractivity contribution < 1.29 is 18.8 Å². The molecule has 0 bridgehead atoms. The standard InChI is InChI=1S/C18H28BN3O4/c1-17(2)18(3,4)26-19(25-17)13(11-21-5)9-12-7-8-14(24-6)10-15(12)16(23)22-20/h7-10,21H,11,20H2,1-6H3,(H,22,23). The van der Waals surface area contributed by atoms with Gasteiger partial charge in [0.05, 0.1) is 23.9 Å². The fraction of sp³-hybridized carbons (Fsp3) is 0.500. The summed E-state index contributed by atoms with van der Waals surface area (Å²) in [6.45, 7) is 8.57. The Labute approximate surface area is 155 Å². The Balaban J connectivity index is 2.45. The number of carbonyl (C=O) groups is 1. The number of benzene rings is 1. The minimum atomic E-state index is -0.511. The SMILES string of the molecule is CNCC(=Cc1ccc(OC)cc1C(=O)NN)B1OC(C)(C)C(C)(C)O1. The molecule has 1 aromatic rings. The molecule has 0 aliphatic carbocycles. The van der Waals surface area contributed by atoms with E-state index >= 15 is 0 Å². The monoisotopic (exact) mass is 361 g/mol. The van der Waals surface area contributed by atoms with Crippen molar-refractivity contribution in [3.05, 3.63) is 34.8 Å². The van der Waals surface area contributed by atoms with Gasteiger partial charge >= 0.3 is 7.12 Å². The Hall–Kier alpha value is -1.87. The van der Waals surface area contributed by atoms with E-state index in [-0.39, 0.29) is 0 Å². The number of ether oxygens (including phenoxy) is 1. The van der Waals surface area contributed by atoms with E-state index in [9.17, 15) is 4.79 Å². The third-order valence-electron chi connectivity index (χ3n) is 4.91. The average molecular weight is 361 g/mol. The first-order valence-electron chi connectivity index (χ1n) is 8.55. The van der Waals surface area contributed by atoms with Gasteiger partial charge in [0.2, 0.25) is 0 Å². The predicted molar refractivity (Wildman–Crippen MR) is 103 cm³/mol. The summed E-state index contributed by atoms with van der Waals surface area (Å²) in [6.07, 6.45) is 1.89. The molecule has 0 radical (unpaired) electrons. The number of rotatable bonds is 6. The predicted octanol–water partition coefficient (Wildman–Crippen LogP) is 1.53. The van der Waals surface area contributed by atoms with E-state index in [1.807, 2.05) is 46.9 Å². The summed E-state index contributed by atoms with van der Waals surface area (Å²) < 4.78 is 17.5. The van der Waals surface area contributed by atoms with Gasteiger partial charge in [0.25, 0.3) is 5.91 Å². The van der Waals surface area contributed by atoms with Crippen molar-refractivity contribution in [3.63, 3.8) is 0 Å². The summed E-state index contributed by atoms with van der Waals surface area (Å²) in [4.78, 5) is 12.2. The highest BCUT2D eigenvalue weighted by Crippen LogP contribution is 2.38. The van der Waals surface area contributed by atoms with E-state index < -0.39 is 24.2 Å². The molecule has 4 N–H and O–H groups in total. The molecule has 1 aromatic carbocycles. The molecule has 1 amide bonds. The minimum Gasteiger partial charge on any atom is -0.497 e. The lowest BCUT2D eigenvalue weighted by Gasteiger charge is -2.32. The number of hydrazine groups is 1. The van der Waals surface area contributed by atoms with Crippen molar-refractivity contribution in [2.45, 2.75) is 38.9 Å². The minimum absolute atomic E-state index is 0.395. The molecule has 0 aromatic heterocycles. The summed E-state index contributed by atoms with van der Waals surface area (Å²) in [5, 5.41) is 3.13. The normalized spacial score (nSPS) is 18.7. The number of hydrogen-bond acceptors (Lipinski definition) is 6. The third-order valence-corrected chi connectivity index (χ3v) is 4.91. The number of amides is 1. The van der Waals surface area contributed by atoms with Crippen LogP contribution in [0.3, 0.4) is 0 Å². The summed E-state index contributed by atoms with van der Waals surface area (Å²) in [5.74, 6) is 5.50. The molecule has 1 heterocycles. The van der Waals surface area contributed by atoms with Gasteiger partial charge in [-0.3, -0.25) is 10.2 Å². The first-order valence-corrected chi connectivity index (χ1v) is 8.55. The summed E-state index contributed by atoms with van der Waals surface area (Å²) >= 11 is 0. The van der Waals surface area contributed by atoms with Gasteiger partial charge in [0.1, 0.15) is 5.75 Å². The highest BCUT2D eigenvalue weighted by Gasteiger charge is 2.52. The quantitative estimate of drug-likeness (QED) is 0.308. The number of nitrogen functional groups attached to an aromatic ring is 1. The van der Waals surface area contributed by atoms with E-state index in [1.54, 1.807) is 19.2 Å². The van der Waals surface area contributed by atoms with Crippen molar-refractivity contribution in [2.75, 3.05) is 20.7 Å². The molecular weight excluding hydrogens is 333 g/mol. The summed E-state index contributed by atoms with van der Waals surface area (Å²) in [6, 6.07) is 5.25. The first kappa shape index (κ1) is 20.4. The average Bonchev–Trinajstić information content (AvgIpc) is 2.81. The second kappa shape index (κ2) is 7.79. The van der Waals surface area contributed by atoms with Gasteiger partial charge < -0.3 is 19.4 Å². The van der Waals surface area contributed by atoms with E-state index in [2.05, 4.69) is 10.7 Å². The van der Waals surface area contributed by atoms with Crippen molar-refractivity contribution in [2.24, 2.45) is 5.84 Å². The van der Waals surface area contributed by atoms with Gasteiger partial charge in [-0.2, -0.15) is 0 Å². The molecule has 1 aliphatic heterocycles. The van der Waals surface area contributed by atoms with Crippen LogP contribution in [-0.2, 0) is 9.31 Å². The van der Waals surface area contributed by atoms with Crippen molar-refractivity contribution in [1.82, 2.24) is 10.7 Å². The van der Waals surface area contributed by atoms with E-state index in [0.29, 0.717) is 23.4 Å². The molecule has 26 heavy (non-hydrogen) atoms. The molecule has 1 saturated heterocycles. The number of nitrogens with two attached hydrogens (primary N) is 1. The van der Waals surface area contributed by atoms with E-state index in [1.165, 1.54) is 0 Å². The molecule has 0 spiro atoms. The van der Waals surface area contributed by atoms with Crippen LogP contribution in [0.4, 0.5) is 0 Å². The van der Waals surface area contributed by atoms with Crippen LogP contribution in [0.5, 0.6) is 5.75 Å². The number of hydrogen-bond donors (Lipinski definition) is 3. The molecule has 142 valence electrons. The third kappa shape index (κ3) is 4.10. The zero-order valence-corrected chi connectivity index (χ0v) is 16.3. The van der Waals surface area contributed by atoms with Gasteiger partial charge in [-0.15, -0.1) is 0 Å². The number of carbonyl (C=O) groups excluding carboxylic acids is 1. The Morgan fingerprint density at radius 2 is 1.88 bits per heavy atom. The van der Waals surface area contributed by atoms with Crippen LogP contribution < -0.4 is 21.3 Å². The van der Waals surface area contributed by atoms with Gasteiger partial charge in [-0.05, 0) is 57.9 Å². The Bertz CT molecular complexity index is 688. The molecule has 0 saturated carbocycles. The van der Waals surface area contributed by atoms with Crippen molar-refractivity contribution in [3.8, 4) is 5.75 Å². The second-order valence-corrected chi connectivity index (χ2v) is 7.26. The number of nitrogens with one attached hydrogen (secondary N) is 2. The van der Waals surface area contributed by atoms with Gasteiger partial charge in [0, 0.05) is 6.54 Å². The Kier molecular flexibility index (Phi) is 6.13.